The van der Waals surface area contributed by atoms with Crippen LogP contribution in [0.25, 0.3) is 11.1 Å². The molecule has 0 aliphatic rings. The Balaban J connectivity index is 1.50. The number of benzene rings is 6. The second-order valence-electron chi connectivity index (χ2n) is 10.4. The number of aromatic hydroxyl groups is 2. The summed E-state index contributed by atoms with van der Waals surface area (Å²) in [5.74, 6) is 0.176. The maximum Gasteiger partial charge on any atom is 0.123 e. The number of phenols is 2. The minimum absolute atomic E-state index is 0.0882. The van der Waals surface area contributed by atoms with E-state index in [-0.39, 0.29) is 11.5 Å². The van der Waals surface area contributed by atoms with Crippen LogP contribution in [0.3, 0.4) is 0 Å². The largest absolute Gasteiger partial charge is 0.507 e. The Labute approximate surface area is 247 Å². The van der Waals surface area contributed by atoms with Crippen LogP contribution in [0.15, 0.2) is 146 Å². The maximum atomic E-state index is 11.1. The Morgan fingerprint density at radius 3 is 1.10 bits per heavy atom. The molecule has 0 aliphatic carbocycles. The van der Waals surface area contributed by atoms with Gasteiger partial charge >= 0.3 is 0 Å². The summed E-state index contributed by atoms with van der Waals surface area (Å²) < 4.78 is 0. The molecular formula is C38H32N2O2. The molecule has 6 rings (SSSR count). The van der Waals surface area contributed by atoms with Gasteiger partial charge < -0.3 is 20.0 Å². The van der Waals surface area contributed by atoms with E-state index in [1.165, 1.54) is 0 Å². The highest BCUT2D eigenvalue weighted by molar-refractivity contribution is 5.87. The molecule has 6 aromatic rings. The summed E-state index contributed by atoms with van der Waals surface area (Å²) >= 11 is 0. The van der Waals surface area contributed by atoms with Crippen molar-refractivity contribution >= 4 is 34.1 Å². The van der Waals surface area contributed by atoms with Crippen LogP contribution >= 0.6 is 0 Å². The molecule has 4 nitrogen and oxygen atoms in total. The Morgan fingerprint density at radius 2 is 0.714 bits per heavy atom. The first kappa shape index (κ1) is 26.7. The SMILES string of the molecule is Cc1cccc(N(c2ccccc2)c2ccc(O)c(-c3cc(N(c4ccccc4)c4cccc(C)c4)ccc3O)c2)c1. The Hall–Kier alpha value is -5.48. The molecule has 0 aromatic heterocycles. The van der Waals surface area contributed by atoms with Crippen molar-refractivity contribution in [2.24, 2.45) is 0 Å². The first-order valence-electron chi connectivity index (χ1n) is 14.0. The van der Waals surface area contributed by atoms with Crippen LogP contribution in [0.2, 0.25) is 0 Å². The maximum absolute atomic E-state index is 11.1. The summed E-state index contributed by atoms with van der Waals surface area (Å²) in [7, 11) is 0. The van der Waals surface area contributed by atoms with Crippen LogP contribution in [0.5, 0.6) is 11.5 Å². The molecule has 0 atom stereocenters. The lowest BCUT2D eigenvalue weighted by Crippen LogP contribution is -2.10. The predicted molar refractivity (Wildman–Crippen MR) is 174 cm³/mol. The van der Waals surface area contributed by atoms with Gasteiger partial charge in [0.2, 0.25) is 0 Å². The predicted octanol–water partition coefficient (Wildman–Crippen LogP) is 10.3. The van der Waals surface area contributed by atoms with E-state index in [0.717, 1.165) is 45.3 Å². The molecule has 0 aliphatic heterocycles. The molecule has 0 unspecified atom stereocenters. The molecular weight excluding hydrogens is 516 g/mol. The highest BCUT2D eigenvalue weighted by atomic mass is 16.3. The van der Waals surface area contributed by atoms with Crippen molar-refractivity contribution in [3.63, 3.8) is 0 Å². The van der Waals surface area contributed by atoms with Crippen LogP contribution in [0, 0.1) is 13.8 Å². The van der Waals surface area contributed by atoms with E-state index in [2.05, 4.69) is 84.3 Å². The molecule has 0 saturated heterocycles. The molecule has 0 saturated carbocycles. The molecule has 0 bridgehead atoms. The Kier molecular flexibility index (Phi) is 7.35. The zero-order valence-electron chi connectivity index (χ0n) is 23.6. The highest BCUT2D eigenvalue weighted by Gasteiger charge is 2.19. The summed E-state index contributed by atoms with van der Waals surface area (Å²) in [5.41, 5.74) is 9.10. The molecule has 206 valence electrons. The smallest absolute Gasteiger partial charge is 0.123 e. The van der Waals surface area contributed by atoms with Gasteiger partial charge in [-0.2, -0.15) is 0 Å². The molecule has 4 heteroatoms. The van der Waals surface area contributed by atoms with E-state index in [9.17, 15) is 10.2 Å². The Bertz CT molecular complexity index is 1700. The number of hydrogen-bond donors (Lipinski definition) is 2. The van der Waals surface area contributed by atoms with Gasteiger partial charge in [0.15, 0.2) is 0 Å². The minimum Gasteiger partial charge on any atom is -0.507 e. The van der Waals surface area contributed by atoms with Crippen LogP contribution in [0.1, 0.15) is 11.1 Å². The standard InChI is InChI=1S/C38H32N2O2/c1-27-11-9-17-31(23-27)39(29-13-5-3-6-14-29)33-19-21-37(41)35(25-33)36-26-34(20-22-38(36)42)40(30-15-7-4-8-16-30)32-18-10-12-28(2)24-32/h3-26,41-42H,1-2H3. The molecule has 42 heavy (non-hydrogen) atoms. The van der Waals surface area contributed by atoms with Crippen LogP contribution in [-0.2, 0) is 0 Å². The van der Waals surface area contributed by atoms with Crippen molar-refractivity contribution in [3.8, 4) is 22.6 Å². The third-order valence-corrected chi connectivity index (χ3v) is 7.32. The lowest BCUT2D eigenvalue weighted by molar-refractivity contribution is 0.469. The number of para-hydroxylation sites is 2. The van der Waals surface area contributed by atoms with Gasteiger partial charge in [-0.15, -0.1) is 0 Å². The molecule has 0 amide bonds. The monoisotopic (exact) mass is 548 g/mol. The molecule has 0 fully saturated rings. The van der Waals surface area contributed by atoms with Gasteiger partial charge in [0.1, 0.15) is 11.5 Å². The van der Waals surface area contributed by atoms with Gasteiger partial charge in [-0.05, 0) is 110 Å². The van der Waals surface area contributed by atoms with Crippen molar-refractivity contribution in [1.29, 1.82) is 0 Å². The number of aryl methyl sites for hydroxylation is 2. The average Bonchev–Trinajstić information content (AvgIpc) is 3.00. The number of hydrogen-bond acceptors (Lipinski definition) is 4. The summed E-state index contributed by atoms with van der Waals surface area (Å²) in [6.07, 6.45) is 0. The van der Waals surface area contributed by atoms with Crippen molar-refractivity contribution in [3.05, 3.63) is 157 Å². The summed E-state index contributed by atoms with van der Waals surface area (Å²) in [5, 5.41) is 22.3. The molecule has 0 spiro atoms. The van der Waals surface area contributed by atoms with Crippen molar-refractivity contribution in [1.82, 2.24) is 0 Å². The van der Waals surface area contributed by atoms with E-state index < -0.39 is 0 Å². The van der Waals surface area contributed by atoms with Gasteiger partial charge in [0.25, 0.3) is 0 Å². The van der Waals surface area contributed by atoms with Crippen LogP contribution in [-0.4, -0.2) is 10.2 Å². The van der Waals surface area contributed by atoms with Crippen molar-refractivity contribution in [2.75, 3.05) is 9.80 Å². The second kappa shape index (κ2) is 11.6. The first-order valence-corrected chi connectivity index (χ1v) is 14.0. The van der Waals surface area contributed by atoms with Gasteiger partial charge in [0, 0.05) is 45.3 Å². The first-order chi connectivity index (χ1) is 20.5. The quantitative estimate of drug-likeness (QED) is 0.208. The highest BCUT2D eigenvalue weighted by Crippen LogP contribution is 2.45. The van der Waals surface area contributed by atoms with E-state index >= 15 is 0 Å². The van der Waals surface area contributed by atoms with Crippen LogP contribution in [0.4, 0.5) is 34.1 Å². The zero-order valence-corrected chi connectivity index (χ0v) is 23.6. The lowest BCUT2D eigenvalue weighted by Gasteiger charge is -2.27. The fourth-order valence-corrected chi connectivity index (χ4v) is 5.34. The topological polar surface area (TPSA) is 46.9 Å². The molecule has 2 N–H and O–H groups in total. The zero-order chi connectivity index (χ0) is 29.1. The van der Waals surface area contributed by atoms with Gasteiger partial charge in [-0.3, -0.25) is 0 Å². The third-order valence-electron chi connectivity index (χ3n) is 7.32. The van der Waals surface area contributed by atoms with E-state index in [1.807, 2.05) is 72.8 Å². The average molecular weight is 549 g/mol. The minimum atomic E-state index is 0.0882. The Morgan fingerprint density at radius 1 is 0.357 bits per heavy atom. The second-order valence-corrected chi connectivity index (χ2v) is 10.4. The number of nitrogens with zero attached hydrogens (tertiary/aromatic N) is 2. The summed E-state index contributed by atoms with van der Waals surface area (Å²) in [4.78, 5) is 4.31. The molecule has 0 radical (unpaired) electrons. The summed E-state index contributed by atoms with van der Waals surface area (Å²) in [6, 6.07) is 48.0. The van der Waals surface area contributed by atoms with Crippen LogP contribution < -0.4 is 9.80 Å². The van der Waals surface area contributed by atoms with E-state index in [4.69, 9.17) is 0 Å². The number of anilines is 6. The van der Waals surface area contributed by atoms with Gasteiger partial charge in [-0.1, -0.05) is 60.7 Å². The molecule has 6 aromatic carbocycles. The fraction of sp³-hybridized carbons (Fsp3) is 0.0526. The summed E-state index contributed by atoms with van der Waals surface area (Å²) in [6.45, 7) is 4.15. The number of rotatable bonds is 7. The van der Waals surface area contributed by atoms with Crippen molar-refractivity contribution in [2.45, 2.75) is 13.8 Å². The van der Waals surface area contributed by atoms with Gasteiger partial charge in [0.05, 0.1) is 0 Å². The van der Waals surface area contributed by atoms with Crippen molar-refractivity contribution < 1.29 is 10.2 Å². The number of phenolic OH excluding ortho intramolecular Hbond substituents is 2. The third kappa shape index (κ3) is 5.43. The fourth-order valence-electron chi connectivity index (χ4n) is 5.34. The van der Waals surface area contributed by atoms with Gasteiger partial charge in [-0.25, -0.2) is 0 Å². The normalized spacial score (nSPS) is 10.8. The van der Waals surface area contributed by atoms with E-state index in [0.29, 0.717) is 11.1 Å². The lowest BCUT2D eigenvalue weighted by atomic mass is 10.0. The van der Waals surface area contributed by atoms with E-state index in [1.54, 1.807) is 12.1 Å². The molecule has 0 heterocycles.